The summed E-state index contributed by atoms with van der Waals surface area (Å²) in [4.78, 5) is 16.5. The Labute approximate surface area is 152 Å². The fourth-order valence-corrected chi connectivity index (χ4v) is 2.92. The second-order valence-electron chi connectivity index (χ2n) is 6.42. The van der Waals surface area contributed by atoms with E-state index < -0.39 is 0 Å². The lowest BCUT2D eigenvalue weighted by Gasteiger charge is -2.32. The largest absolute Gasteiger partial charge is 0.484 e. The van der Waals surface area contributed by atoms with Crippen LogP contribution in [0.1, 0.15) is 24.1 Å². The number of nitrogens with zero attached hydrogens (tertiary/aromatic N) is 1. The summed E-state index contributed by atoms with van der Waals surface area (Å²) < 4.78 is 25.1. The minimum Gasteiger partial charge on any atom is -0.484 e. The molecule has 1 aromatic carbocycles. The summed E-state index contributed by atoms with van der Waals surface area (Å²) in [6.07, 6.45) is 2.67. The van der Waals surface area contributed by atoms with E-state index in [0.717, 1.165) is 5.69 Å². The Morgan fingerprint density at radius 3 is 2.96 bits per heavy atom. The van der Waals surface area contributed by atoms with Crippen LogP contribution in [0.2, 0.25) is 0 Å². The Hall–Kier alpha value is -2.47. The van der Waals surface area contributed by atoms with Gasteiger partial charge in [0.25, 0.3) is 0 Å². The van der Waals surface area contributed by atoms with Crippen LogP contribution in [0, 0.1) is 12.7 Å². The summed E-state index contributed by atoms with van der Waals surface area (Å²) >= 11 is 0. The van der Waals surface area contributed by atoms with Crippen LogP contribution in [0.3, 0.4) is 0 Å². The Morgan fingerprint density at radius 2 is 2.19 bits per heavy atom. The number of ether oxygens (including phenoxy) is 2. The molecule has 0 radical (unpaired) electrons. The van der Waals surface area contributed by atoms with Crippen molar-refractivity contribution in [2.45, 2.75) is 38.3 Å². The van der Waals surface area contributed by atoms with E-state index in [9.17, 15) is 9.18 Å². The molecule has 2 aromatic rings. The summed E-state index contributed by atoms with van der Waals surface area (Å²) in [6.45, 7) is 2.89. The highest BCUT2D eigenvalue weighted by Gasteiger charge is 2.29. The fraction of sp³-hybridized carbons (Fsp3) is 0.400. The van der Waals surface area contributed by atoms with Gasteiger partial charge in [0.1, 0.15) is 17.7 Å². The maximum atomic E-state index is 13.7. The summed E-state index contributed by atoms with van der Waals surface area (Å²) in [5.41, 5.74) is 1.46. The van der Waals surface area contributed by atoms with Crippen LogP contribution in [-0.2, 0) is 16.0 Å². The number of halogens is 1. The van der Waals surface area contributed by atoms with Gasteiger partial charge in [0.05, 0.1) is 18.8 Å². The zero-order chi connectivity index (χ0) is 18.4. The van der Waals surface area contributed by atoms with Gasteiger partial charge in [-0.3, -0.25) is 9.78 Å². The average molecular weight is 358 g/mol. The molecule has 1 aromatic heterocycles. The van der Waals surface area contributed by atoms with Crippen LogP contribution >= 0.6 is 0 Å². The molecule has 0 aliphatic carbocycles. The molecule has 6 heteroatoms. The molecular formula is C20H23FN2O3. The van der Waals surface area contributed by atoms with Crippen molar-refractivity contribution < 1.29 is 18.7 Å². The lowest BCUT2D eigenvalue weighted by molar-refractivity contribution is -0.123. The Kier molecular flexibility index (Phi) is 6.17. The number of aromatic nitrogens is 1. The number of carbonyl (C=O) groups excluding carboxylic acids is 1. The smallest absolute Gasteiger partial charge is 0.220 e. The Balaban J connectivity index is 1.54. The van der Waals surface area contributed by atoms with Gasteiger partial charge in [-0.2, -0.15) is 0 Å². The maximum Gasteiger partial charge on any atom is 0.220 e. The van der Waals surface area contributed by atoms with Crippen molar-refractivity contribution in [3.8, 4) is 5.75 Å². The average Bonchev–Trinajstić information content (AvgIpc) is 2.64. The first-order valence-electron chi connectivity index (χ1n) is 8.81. The van der Waals surface area contributed by atoms with E-state index in [2.05, 4.69) is 10.3 Å². The molecule has 1 amide bonds. The summed E-state index contributed by atoms with van der Waals surface area (Å²) in [5, 5.41) is 3.00. The normalized spacial score (nSPS) is 19.8. The number of aryl methyl sites for hydroxylation is 2. The number of nitrogens with one attached hydrogen (secondary N) is 1. The van der Waals surface area contributed by atoms with E-state index >= 15 is 0 Å². The van der Waals surface area contributed by atoms with E-state index in [4.69, 9.17) is 9.47 Å². The first kappa shape index (κ1) is 18.3. The van der Waals surface area contributed by atoms with Crippen molar-refractivity contribution in [1.29, 1.82) is 0 Å². The van der Waals surface area contributed by atoms with E-state index in [1.54, 1.807) is 24.4 Å². The highest BCUT2D eigenvalue weighted by molar-refractivity contribution is 5.76. The summed E-state index contributed by atoms with van der Waals surface area (Å²) in [7, 11) is 0. The van der Waals surface area contributed by atoms with Gasteiger partial charge in [0.15, 0.2) is 0 Å². The molecule has 0 spiro atoms. The first-order valence-corrected chi connectivity index (χ1v) is 8.81. The predicted molar refractivity (Wildman–Crippen MR) is 95.5 cm³/mol. The number of amides is 1. The number of pyridine rings is 1. The molecule has 1 aliphatic rings. The minimum atomic E-state index is -0.278. The van der Waals surface area contributed by atoms with Crippen molar-refractivity contribution >= 4 is 5.91 Å². The lowest BCUT2D eigenvalue weighted by atomic mass is 10.0. The van der Waals surface area contributed by atoms with Crippen molar-refractivity contribution in [3.05, 3.63) is 59.7 Å². The highest BCUT2D eigenvalue weighted by Crippen LogP contribution is 2.17. The molecule has 1 aliphatic heterocycles. The summed E-state index contributed by atoms with van der Waals surface area (Å²) in [5.74, 6) is 0.256. The Bertz CT molecular complexity index is 736. The second-order valence-corrected chi connectivity index (χ2v) is 6.42. The van der Waals surface area contributed by atoms with E-state index in [1.165, 1.54) is 6.07 Å². The van der Waals surface area contributed by atoms with Crippen molar-refractivity contribution in [2.24, 2.45) is 0 Å². The van der Waals surface area contributed by atoms with Crippen molar-refractivity contribution in [3.63, 3.8) is 0 Å². The van der Waals surface area contributed by atoms with Gasteiger partial charge < -0.3 is 14.8 Å². The minimum absolute atomic E-state index is 0.115. The molecule has 1 N–H and O–H groups in total. The molecule has 2 heterocycles. The van der Waals surface area contributed by atoms with Gasteiger partial charge >= 0.3 is 0 Å². The van der Waals surface area contributed by atoms with Gasteiger partial charge in [-0.05, 0) is 43.5 Å². The number of hydrogen-bond acceptors (Lipinski definition) is 4. The SMILES string of the molecule is Cc1ccc(O[C@@H]2COCC[C@@H]2NC(=O)CCc2ccccc2F)cn1. The standard InChI is InChI=1S/C20H23FN2O3/c1-14-6-8-16(12-22-14)26-19-13-25-11-10-18(19)23-20(24)9-7-15-4-2-3-5-17(15)21/h2-6,8,12,18-19H,7,9-11,13H2,1H3,(H,23,24)/t18-,19+/m0/s1. The number of benzene rings is 1. The number of carbonyl (C=O) groups is 1. The monoisotopic (exact) mass is 358 g/mol. The van der Waals surface area contributed by atoms with E-state index in [1.807, 2.05) is 19.1 Å². The molecule has 5 nitrogen and oxygen atoms in total. The van der Waals surface area contributed by atoms with E-state index in [-0.39, 0.29) is 30.3 Å². The van der Waals surface area contributed by atoms with Crippen molar-refractivity contribution in [1.82, 2.24) is 10.3 Å². The third kappa shape index (κ3) is 5.02. The fourth-order valence-electron chi connectivity index (χ4n) is 2.92. The van der Waals surface area contributed by atoms with Crippen molar-refractivity contribution in [2.75, 3.05) is 13.2 Å². The molecule has 2 atom stereocenters. The number of hydrogen-bond donors (Lipinski definition) is 1. The quantitative estimate of drug-likeness (QED) is 0.863. The molecular weight excluding hydrogens is 335 g/mol. The van der Waals surface area contributed by atoms with Crippen LogP contribution in [0.25, 0.3) is 0 Å². The predicted octanol–water partition coefficient (Wildman–Crippen LogP) is 2.81. The van der Waals surface area contributed by atoms with Crippen LogP contribution in [0.4, 0.5) is 4.39 Å². The highest BCUT2D eigenvalue weighted by atomic mass is 19.1. The van der Waals surface area contributed by atoms with Gasteiger partial charge in [-0.15, -0.1) is 0 Å². The molecule has 1 fully saturated rings. The third-order valence-corrected chi connectivity index (χ3v) is 4.40. The molecule has 0 unspecified atom stereocenters. The molecule has 3 rings (SSSR count). The summed E-state index contributed by atoms with van der Waals surface area (Å²) in [6, 6.07) is 10.1. The lowest BCUT2D eigenvalue weighted by Crippen LogP contribution is -2.51. The van der Waals surface area contributed by atoms with Crippen LogP contribution in [-0.4, -0.2) is 36.3 Å². The third-order valence-electron chi connectivity index (χ3n) is 4.40. The van der Waals surface area contributed by atoms with Gasteiger partial charge in [0, 0.05) is 18.7 Å². The zero-order valence-electron chi connectivity index (χ0n) is 14.8. The van der Waals surface area contributed by atoms with Gasteiger partial charge in [0.2, 0.25) is 5.91 Å². The second kappa shape index (κ2) is 8.76. The molecule has 0 bridgehead atoms. The number of rotatable bonds is 6. The molecule has 26 heavy (non-hydrogen) atoms. The molecule has 138 valence electrons. The van der Waals surface area contributed by atoms with E-state index in [0.29, 0.717) is 37.4 Å². The first-order chi connectivity index (χ1) is 12.6. The molecule has 0 saturated carbocycles. The Morgan fingerprint density at radius 1 is 1.35 bits per heavy atom. The van der Waals surface area contributed by atoms with Crippen LogP contribution < -0.4 is 10.1 Å². The van der Waals surface area contributed by atoms with Gasteiger partial charge in [-0.1, -0.05) is 18.2 Å². The maximum absolute atomic E-state index is 13.7. The topological polar surface area (TPSA) is 60.5 Å². The molecule has 1 saturated heterocycles. The van der Waals surface area contributed by atoms with Crippen LogP contribution in [0.15, 0.2) is 42.6 Å². The van der Waals surface area contributed by atoms with Gasteiger partial charge in [-0.25, -0.2) is 4.39 Å². The van der Waals surface area contributed by atoms with Crippen LogP contribution in [0.5, 0.6) is 5.75 Å². The zero-order valence-corrected chi connectivity index (χ0v) is 14.8.